The lowest BCUT2D eigenvalue weighted by Gasteiger charge is -2.15. The van der Waals surface area contributed by atoms with Gasteiger partial charge in [0.25, 0.3) is 0 Å². The summed E-state index contributed by atoms with van der Waals surface area (Å²) in [4.78, 5) is 21.6. The van der Waals surface area contributed by atoms with Crippen LogP contribution in [0.4, 0.5) is 0 Å². The highest BCUT2D eigenvalue weighted by atomic mass is 16.7. The second kappa shape index (κ2) is 4.81. The maximum atomic E-state index is 11.1. The minimum Gasteiger partial charge on any atom is -0.427 e. The molecule has 0 bridgehead atoms. The minimum atomic E-state index is -0.596. The molecule has 0 aromatic heterocycles. The van der Waals surface area contributed by atoms with Crippen LogP contribution in [0.2, 0.25) is 0 Å². The highest BCUT2D eigenvalue weighted by molar-refractivity contribution is 5.75. The summed E-state index contributed by atoms with van der Waals surface area (Å²) in [6, 6.07) is 0. The number of nitrogens with two attached hydrogens (primary N) is 1. The first kappa shape index (κ1) is 11.9. The average Bonchev–Trinajstić information content (AvgIpc) is 2.02. The van der Waals surface area contributed by atoms with Gasteiger partial charge in [0.1, 0.15) is 0 Å². The van der Waals surface area contributed by atoms with Crippen LogP contribution in [0.15, 0.2) is 0 Å². The number of hydrogen-bond acceptors (Lipinski definition) is 5. The molecule has 0 rings (SSSR count). The topological polar surface area (TPSA) is 78.6 Å². The number of rotatable bonds is 3. The summed E-state index contributed by atoms with van der Waals surface area (Å²) in [7, 11) is 0. The lowest BCUT2D eigenvalue weighted by molar-refractivity contribution is -0.172. The van der Waals surface area contributed by atoms with Gasteiger partial charge >= 0.3 is 11.9 Å². The van der Waals surface area contributed by atoms with E-state index in [4.69, 9.17) is 5.73 Å². The summed E-state index contributed by atoms with van der Waals surface area (Å²) in [6.45, 7) is 4.54. The van der Waals surface area contributed by atoms with E-state index in [9.17, 15) is 9.59 Å². The monoisotopic (exact) mass is 189 g/mol. The van der Waals surface area contributed by atoms with Crippen LogP contribution in [0.5, 0.6) is 0 Å². The van der Waals surface area contributed by atoms with Crippen molar-refractivity contribution >= 4 is 11.9 Å². The molecular weight excluding hydrogens is 174 g/mol. The van der Waals surface area contributed by atoms with Crippen LogP contribution in [-0.2, 0) is 19.1 Å². The lowest BCUT2D eigenvalue weighted by Crippen LogP contribution is -2.26. The van der Waals surface area contributed by atoms with Crippen molar-refractivity contribution in [2.75, 3.05) is 13.3 Å². The lowest BCUT2D eigenvalue weighted by atomic mass is 9.98. The third-order valence-corrected chi connectivity index (χ3v) is 1.19. The Hall–Kier alpha value is -1.10. The van der Waals surface area contributed by atoms with Crippen molar-refractivity contribution < 1.29 is 19.1 Å². The maximum Gasteiger partial charge on any atom is 0.322 e. The van der Waals surface area contributed by atoms with Gasteiger partial charge in [-0.1, -0.05) is 0 Å². The van der Waals surface area contributed by atoms with Crippen LogP contribution in [0.1, 0.15) is 20.8 Å². The second-order valence-corrected chi connectivity index (χ2v) is 3.52. The molecule has 0 atom stereocenters. The Morgan fingerprint density at radius 2 is 1.77 bits per heavy atom. The molecule has 0 radical (unpaired) electrons. The molecule has 0 aromatic rings. The Bertz CT molecular complexity index is 195. The van der Waals surface area contributed by atoms with Crippen LogP contribution >= 0.6 is 0 Å². The zero-order valence-electron chi connectivity index (χ0n) is 8.12. The van der Waals surface area contributed by atoms with E-state index < -0.39 is 17.4 Å². The van der Waals surface area contributed by atoms with Crippen LogP contribution in [0, 0.1) is 5.41 Å². The molecular formula is C8H15NO4. The van der Waals surface area contributed by atoms with Gasteiger partial charge in [0.15, 0.2) is 0 Å². The predicted molar refractivity (Wildman–Crippen MR) is 45.6 cm³/mol. The largest absolute Gasteiger partial charge is 0.427 e. The van der Waals surface area contributed by atoms with Crippen molar-refractivity contribution in [1.29, 1.82) is 0 Å². The molecule has 0 amide bonds. The van der Waals surface area contributed by atoms with Crippen molar-refractivity contribution in [2.24, 2.45) is 11.1 Å². The summed E-state index contributed by atoms with van der Waals surface area (Å²) < 4.78 is 9.09. The first-order chi connectivity index (χ1) is 5.88. The molecule has 0 unspecified atom stereocenters. The fraction of sp³-hybridized carbons (Fsp3) is 0.750. The van der Waals surface area contributed by atoms with Gasteiger partial charge in [0, 0.05) is 0 Å². The van der Waals surface area contributed by atoms with Crippen LogP contribution in [-0.4, -0.2) is 25.3 Å². The van der Waals surface area contributed by atoms with Gasteiger partial charge in [-0.15, -0.1) is 0 Å². The Morgan fingerprint density at radius 3 is 2.15 bits per heavy atom. The molecule has 0 aliphatic rings. The summed E-state index contributed by atoms with van der Waals surface area (Å²) in [5.74, 6) is -1.01. The summed E-state index contributed by atoms with van der Waals surface area (Å²) >= 11 is 0. The Kier molecular flexibility index (Phi) is 4.40. The van der Waals surface area contributed by atoms with Gasteiger partial charge in [-0.3, -0.25) is 9.59 Å². The maximum absolute atomic E-state index is 11.1. The van der Waals surface area contributed by atoms with E-state index in [0.29, 0.717) is 0 Å². The second-order valence-electron chi connectivity index (χ2n) is 3.52. The fourth-order valence-electron chi connectivity index (χ4n) is 0.424. The molecule has 0 saturated heterocycles. The van der Waals surface area contributed by atoms with E-state index >= 15 is 0 Å². The SMILES string of the molecule is CC(C)(C)C(=O)OCOC(=O)CN. The molecule has 0 fully saturated rings. The van der Waals surface area contributed by atoms with Crippen LogP contribution < -0.4 is 5.73 Å². The first-order valence-corrected chi connectivity index (χ1v) is 3.91. The number of esters is 2. The van der Waals surface area contributed by atoms with Crippen molar-refractivity contribution in [1.82, 2.24) is 0 Å². The van der Waals surface area contributed by atoms with Gasteiger partial charge in [-0.05, 0) is 20.8 Å². The van der Waals surface area contributed by atoms with Gasteiger partial charge < -0.3 is 15.2 Å². The smallest absolute Gasteiger partial charge is 0.322 e. The summed E-state index contributed by atoms with van der Waals surface area (Å²) in [5.41, 5.74) is 4.37. The van der Waals surface area contributed by atoms with E-state index in [-0.39, 0.29) is 13.3 Å². The molecule has 5 nitrogen and oxygen atoms in total. The quantitative estimate of drug-likeness (QED) is 0.500. The van der Waals surface area contributed by atoms with E-state index in [0.717, 1.165) is 0 Å². The van der Waals surface area contributed by atoms with E-state index in [1.807, 2.05) is 0 Å². The zero-order valence-corrected chi connectivity index (χ0v) is 8.12. The number of ether oxygens (including phenoxy) is 2. The molecule has 0 heterocycles. The van der Waals surface area contributed by atoms with Crippen molar-refractivity contribution in [3.05, 3.63) is 0 Å². The molecule has 5 heteroatoms. The van der Waals surface area contributed by atoms with Gasteiger partial charge in [-0.25, -0.2) is 0 Å². The van der Waals surface area contributed by atoms with Crippen molar-refractivity contribution in [3.63, 3.8) is 0 Å². The van der Waals surface area contributed by atoms with Crippen LogP contribution in [0.25, 0.3) is 0 Å². The minimum absolute atomic E-state index is 0.215. The zero-order chi connectivity index (χ0) is 10.5. The Balaban J connectivity index is 3.67. The fourth-order valence-corrected chi connectivity index (χ4v) is 0.424. The highest BCUT2D eigenvalue weighted by Crippen LogP contribution is 2.14. The van der Waals surface area contributed by atoms with E-state index in [2.05, 4.69) is 9.47 Å². The molecule has 13 heavy (non-hydrogen) atoms. The number of carbonyl (C=O) groups is 2. The standard InChI is InChI=1S/C8H15NO4/c1-8(2,3)7(11)13-5-12-6(10)4-9/h4-5,9H2,1-3H3. The first-order valence-electron chi connectivity index (χ1n) is 3.91. The predicted octanol–water partition coefficient (Wildman–Crippen LogP) is 0.0351. The third-order valence-electron chi connectivity index (χ3n) is 1.19. The molecule has 0 saturated carbocycles. The highest BCUT2D eigenvalue weighted by Gasteiger charge is 2.23. The third kappa shape index (κ3) is 5.19. The van der Waals surface area contributed by atoms with Crippen LogP contribution in [0.3, 0.4) is 0 Å². The van der Waals surface area contributed by atoms with Crippen molar-refractivity contribution in [2.45, 2.75) is 20.8 Å². The normalized spacial score (nSPS) is 10.8. The molecule has 0 aliphatic heterocycles. The molecule has 0 aliphatic carbocycles. The van der Waals surface area contributed by atoms with Gasteiger partial charge in [0.05, 0.1) is 12.0 Å². The number of hydrogen-bond donors (Lipinski definition) is 1. The van der Waals surface area contributed by atoms with E-state index in [1.54, 1.807) is 20.8 Å². The average molecular weight is 189 g/mol. The summed E-state index contributed by atoms with van der Waals surface area (Å²) in [5, 5.41) is 0. The molecule has 76 valence electrons. The van der Waals surface area contributed by atoms with Gasteiger partial charge in [0.2, 0.25) is 6.79 Å². The summed E-state index contributed by atoms with van der Waals surface area (Å²) in [6.07, 6.45) is 0. The molecule has 0 aromatic carbocycles. The number of carbonyl (C=O) groups excluding carboxylic acids is 2. The van der Waals surface area contributed by atoms with Gasteiger partial charge in [-0.2, -0.15) is 0 Å². The van der Waals surface area contributed by atoms with E-state index in [1.165, 1.54) is 0 Å². The Morgan fingerprint density at radius 1 is 1.23 bits per heavy atom. The van der Waals surface area contributed by atoms with Crippen molar-refractivity contribution in [3.8, 4) is 0 Å². The molecule has 0 spiro atoms. The molecule has 2 N–H and O–H groups in total. The Labute approximate surface area is 77.2 Å².